The quantitative estimate of drug-likeness (QED) is 0.679. The molecule has 1 atom stereocenters. The summed E-state index contributed by atoms with van der Waals surface area (Å²) < 4.78 is 10.9. The van der Waals surface area contributed by atoms with Gasteiger partial charge in [0.15, 0.2) is 16.6 Å². The van der Waals surface area contributed by atoms with Crippen LogP contribution in [0, 0.1) is 0 Å². The zero-order valence-electron chi connectivity index (χ0n) is 13.6. The van der Waals surface area contributed by atoms with Gasteiger partial charge in [-0.15, -0.1) is 0 Å². The maximum Gasteiger partial charge on any atom is 0.231 e. The molecule has 2 aliphatic heterocycles. The Labute approximate surface area is 150 Å². The number of aromatic nitrogens is 1. The Kier molecular flexibility index (Phi) is 3.24. The molecule has 7 heteroatoms. The third kappa shape index (κ3) is 2.30. The number of hydrogen-bond acceptors (Lipinski definition) is 5. The average Bonchev–Trinajstić information content (AvgIpc) is 3.08. The van der Waals surface area contributed by atoms with E-state index >= 15 is 0 Å². The predicted octanol–water partition coefficient (Wildman–Crippen LogP) is 2.66. The van der Waals surface area contributed by atoms with Crippen molar-refractivity contribution < 1.29 is 9.47 Å². The Morgan fingerprint density at radius 1 is 1.16 bits per heavy atom. The van der Waals surface area contributed by atoms with Crippen molar-refractivity contribution in [2.24, 2.45) is 0 Å². The van der Waals surface area contributed by atoms with Crippen LogP contribution in [0.3, 0.4) is 0 Å². The van der Waals surface area contributed by atoms with Crippen molar-refractivity contribution >= 4 is 28.8 Å². The van der Waals surface area contributed by atoms with Gasteiger partial charge in [0.05, 0.1) is 6.04 Å². The first-order valence-corrected chi connectivity index (χ1v) is 8.90. The van der Waals surface area contributed by atoms with Gasteiger partial charge in [-0.1, -0.05) is 6.07 Å². The average molecular weight is 354 g/mol. The van der Waals surface area contributed by atoms with Crippen molar-refractivity contribution in [3.8, 4) is 11.5 Å². The number of nitrogen functional groups attached to an aromatic ring is 1. The van der Waals surface area contributed by atoms with E-state index in [0.717, 1.165) is 65.5 Å². The molecule has 1 aromatic heterocycles. The highest BCUT2D eigenvalue weighted by atomic mass is 32.1. The van der Waals surface area contributed by atoms with Crippen molar-refractivity contribution in [1.82, 2.24) is 10.3 Å². The predicted molar refractivity (Wildman–Crippen MR) is 99.1 cm³/mol. The Balaban J connectivity index is 1.66. The molecule has 0 bridgehead atoms. The first-order chi connectivity index (χ1) is 12.2. The van der Waals surface area contributed by atoms with E-state index in [4.69, 9.17) is 32.4 Å². The lowest BCUT2D eigenvalue weighted by Gasteiger charge is -2.32. The van der Waals surface area contributed by atoms with Crippen LogP contribution in [0.1, 0.15) is 41.3 Å². The van der Waals surface area contributed by atoms with Gasteiger partial charge >= 0.3 is 0 Å². The maximum atomic E-state index is 6.59. The van der Waals surface area contributed by atoms with Gasteiger partial charge in [-0.2, -0.15) is 0 Å². The summed E-state index contributed by atoms with van der Waals surface area (Å²) >= 11 is 5.40. The normalized spacial score (nSPS) is 20.3. The Hall–Kier alpha value is -2.54. The van der Waals surface area contributed by atoms with Crippen LogP contribution in [0.15, 0.2) is 18.2 Å². The number of thiocarbonyl (C=S) groups is 1. The van der Waals surface area contributed by atoms with Crippen molar-refractivity contribution in [3.05, 3.63) is 40.6 Å². The molecule has 6 nitrogen and oxygen atoms in total. The highest BCUT2D eigenvalue weighted by Crippen LogP contribution is 2.42. The van der Waals surface area contributed by atoms with Gasteiger partial charge in [0.25, 0.3) is 0 Å². The molecule has 1 unspecified atom stereocenters. The van der Waals surface area contributed by atoms with Crippen molar-refractivity contribution in [3.63, 3.8) is 0 Å². The minimum Gasteiger partial charge on any atom is -0.454 e. The third-order valence-corrected chi connectivity index (χ3v) is 5.30. The van der Waals surface area contributed by atoms with Gasteiger partial charge < -0.3 is 25.8 Å². The van der Waals surface area contributed by atoms with E-state index in [1.54, 1.807) is 0 Å². The molecular formula is C18H18N4O2S. The minimum absolute atomic E-state index is 0.155. The second kappa shape index (κ2) is 5.49. The summed E-state index contributed by atoms with van der Waals surface area (Å²) in [6.45, 7) is 0.255. The summed E-state index contributed by atoms with van der Waals surface area (Å²) in [5.74, 6) is 2.27. The first kappa shape index (κ1) is 14.8. The largest absolute Gasteiger partial charge is 0.454 e. The SMILES string of the molecule is Nc1c2c(nc3c1C(c1ccc4c(c1)OCO4)NC(=S)N3)CCCC2. The number of hydrogen-bond donors (Lipinski definition) is 3. The molecule has 2 aromatic rings. The van der Waals surface area contributed by atoms with Crippen LogP contribution >= 0.6 is 12.2 Å². The van der Waals surface area contributed by atoms with E-state index < -0.39 is 0 Å². The number of aryl methyl sites for hydroxylation is 1. The number of nitrogens with two attached hydrogens (primary N) is 1. The van der Waals surface area contributed by atoms with Crippen molar-refractivity contribution in [2.75, 3.05) is 17.8 Å². The lowest BCUT2D eigenvalue weighted by atomic mass is 9.88. The lowest BCUT2D eigenvalue weighted by molar-refractivity contribution is 0.174. The van der Waals surface area contributed by atoms with Gasteiger partial charge in [-0.3, -0.25) is 0 Å². The smallest absolute Gasteiger partial charge is 0.231 e. The van der Waals surface area contributed by atoms with E-state index in [1.165, 1.54) is 5.56 Å². The fourth-order valence-electron chi connectivity index (χ4n) is 3.87. The molecular weight excluding hydrogens is 336 g/mol. The number of benzene rings is 1. The van der Waals surface area contributed by atoms with Crippen LogP contribution in [0.5, 0.6) is 11.5 Å². The maximum absolute atomic E-state index is 6.59. The van der Waals surface area contributed by atoms with Crippen molar-refractivity contribution in [2.45, 2.75) is 31.7 Å². The van der Waals surface area contributed by atoms with Crippen molar-refractivity contribution in [1.29, 1.82) is 0 Å². The number of ether oxygens (including phenoxy) is 2. The van der Waals surface area contributed by atoms with E-state index in [1.807, 2.05) is 18.2 Å². The van der Waals surface area contributed by atoms with Crippen LogP contribution in [-0.4, -0.2) is 16.9 Å². The summed E-state index contributed by atoms with van der Waals surface area (Å²) in [7, 11) is 0. The molecule has 1 aromatic carbocycles. The molecule has 3 heterocycles. The lowest BCUT2D eigenvalue weighted by Crippen LogP contribution is -2.39. The van der Waals surface area contributed by atoms with Crippen LogP contribution in [0.25, 0.3) is 0 Å². The Morgan fingerprint density at radius 2 is 2.00 bits per heavy atom. The number of fused-ring (bicyclic) bond motifs is 3. The second-order valence-corrected chi connectivity index (χ2v) is 6.97. The van der Waals surface area contributed by atoms with Gasteiger partial charge in [-0.25, -0.2) is 4.98 Å². The first-order valence-electron chi connectivity index (χ1n) is 8.49. The summed E-state index contributed by atoms with van der Waals surface area (Å²) in [4.78, 5) is 4.84. The minimum atomic E-state index is -0.155. The number of nitrogens with zero attached hydrogens (tertiary/aromatic N) is 1. The number of anilines is 2. The van der Waals surface area contributed by atoms with E-state index in [-0.39, 0.29) is 12.8 Å². The third-order valence-electron chi connectivity index (χ3n) is 5.08. The summed E-state index contributed by atoms with van der Waals surface area (Å²) in [5.41, 5.74) is 11.7. The molecule has 0 amide bonds. The molecule has 5 rings (SSSR count). The Morgan fingerprint density at radius 3 is 2.92 bits per heavy atom. The Bertz CT molecular complexity index is 899. The van der Waals surface area contributed by atoms with Gasteiger partial charge in [0.1, 0.15) is 5.82 Å². The zero-order valence-corrected chi connectivity index (χ0v) is 14.4. The zero-order chi connectivity index (χ0) is 17.0. The molecule has 0 saturated carbocycles. The summed E-state index contributed by atoms with van der Waals surface area (Å²) in [6, 6.07) is 5.77. The molecule has 1 aliphatic carbocycles. The fraction of sp³-hybridized carbons (Fsp3) is 0.333. The van der Waals surface area contributed by atoms with Crippen LogP contribution in [0.4, 0.5) is 11.5 Å². The molecule has 0 spiro atoms. The fourth-order valence-corrected chi connectivity index (χ4v) is 4.08. The van der Waals surface area contributed by atoms with Crippen LogP contribution < -0.4 is 25.8 Å². The summed E-state index contributed by atoms with van der Waals surface area (Å²) in [6.07, 6.45) is 4.28. The van der Waals surface area contributed by atoms with E-state index in [0.29, 0.717) is 5.11 Å². The highest BCUT2D eigenvalue weighted by molar-refractivity contribution is 7.80. The van der Waals surface area contributed by atoms with Crippen LogP contribution in [0.2, 0.25) is 0 Å². The molecule has 0 saturated heterocycles. The van der Waals surface area contributed by atoms with Crippen LogP contribution in [-0.2, 0) is 12.8 Å². The van der Waals surface area contributed by atoms with Gasteiger partial charge in [0.2, 0.25) is 6.79 Å². The number of pyridine rings is 1. The van der Waals surface area contributed by atoms with E-state index in [2.05, 4.69) is 10.6 Å². The summed E-state index contributed by atoms with van der Waals surface area (Å²) in [5, 5.41) is 7.06. The molecule has 128 valence electrons. The molecule has 4 N–H and O–H groups in total. The molecule has 0 radical (unpaired) electrons. The molecule has 3 aliphatic rings. The second-order valence-electron chi connectivity index (χ2n) is 6.56. The van der Waals surface area contributed by atoms with Gasteiger partial charge in [-0.05, 0) is 61.2 Å². The van der Waals surface area contributed by atoms with E-state index in [9.17, 15) is 0 Å². The molecule has 0 fully saturated rings. The monoisotopic (exact) mass is 354 g/mol. The standard InChI is InChI=1S/C18H18N4O2S/c19-15-10-3-1-2-4-11(10)20-17-14(15)16(21-18(25)22-17)9-5-6-12-13(7-9)24-8-23-12/h5-7,16H,1-4,8H2,(H4,19,20,21,22,25). The highest BCUT2D eigenvalue weighted by Gasteiger charge is 2.31. The number of nitrogens with one attached hydrogen (secondary N) is 2. The topological polar surface area (TPSA) is 81.4 Å². The van der Waals surface area contributed by atoms with Gasteiger partial charge in [0, 0.05) is 16.9 Å². The molecule has 25 heavy (non-hydrogen) atoms. The number of rotatable bonds is 1.